The van der Waals surface area contributed by atoms with Crippen molar-refractivity contribution in [1.29, 1.82) is 0 Å². The first kappa shape index (κ1) is 15.8. The van der Waals surface area contributed by atoms with Crippen LogP contribution in [0.4, 0.5) is 0 Å². The number of hydrogen-bond acceptors (Lipinski definition) is 3. The predicted octanol–water partition coefficient (Wildman–Crippen LogP) is 2.55. The van der Waals surface area contributed by atoms with Crippen molar-refractivity contribution in [2.45, 2.75) is 53.2 Å². The summed E-state index contributed by atoms with van der Waals surface area (Å²) >= 11 is 6.53. The second-order valence-corrected chi connectivity index (χ2v) is 6.24. The van der Waals surface area contributed by atoms with Crippen molar-refractivity contribution < 1.29 is 0 Å². The Kier molecular flexibility index (Phi) is 5.47. The SMILES string of the molecule is CCc1nn(CC)c(CN2CCNCC2C(C)C)c1Cl. The summed E-state index contributed by atoms with van der Waals surface area (Å²) < 4.78 is 2.07. The molecule has 4 nitrogen and oxygen atoms in total. The highest BCUT2D eigenvalue weighted by Gasteiger charge is 2.27. The number of aryl methyl sites for hydroxylation is 2. The molecule has 114 valence electrons. The number of halogens is 1. The van der Waals surface area contributed by atoms with Gasteiger partial charge in [-0.15, -0.1) is 0 Å². The number of nitrogens with zero attached hydrogens (tertiary/aromatic N) is 3. The maximum Gasteiger partial charge on any atom is 0.0863 e. The van der Waals surface area contributed by atoms with Gasteiger partial charge in [-0.25, -0.2) is 0 Å². The lowest BCUT2D eigenvalue weighted by Gasteiger charge is -2.38. The molecule has 1 aromatic rings. The van der Waals surface area contributed by atoms with Crippen LogP contribution in [-0.4, -0.2) is 40.4 Å². The Labute approximate surface area is 127 Å². The van der Waals surface area contributed by atoms with E-state index in [1.165, 1.54) is 5.69 Å². The highest BCUT2D eigenvalue weighted by Crippen LogP contribution is 2.25. The van der Waals surface area contributed by atoms with E-state index in [-0.39, 0.29) is 0 Å². The fraction of sp³-hybridized carbons (Fsp3) is 0.800. The average Bonchev–Trinajstić information content (AvgIpc) is 2.75. The van der Waals surface area contributed by atoms with Gasteiger partial charge in [0.2, 0.25) is 0 Å². The predicted molar refractivity (Wildman–Crippen MR) is 84.2 cm³/mol. The molecule has 0 aliphatic carbocycles. The smallest absolute Gasteiger partial charge is 0.0863 e. The molecule has 1 fully saturated rings. The molecule has 0 saturated carbocycles. The molecule has 2 rings (SSSR count). The first-order valence-corrected chi connectivity index (χ1v) is 8.15. The third kappa shape index (κ3) is 3.18. The highest BCUT2D eigenvalue weighted by molar-refractivity contribution is 6.31. The number of aromatic nitrogens is 2. The molecule has 5 heteroatoms. The Balaban J connectivity index is 2.21. The van der Waals surface area contributed by atoms with Crippen molar-refractivity contribution in [1.82, 2.24) is 20.0 Å². The van der Waals surface area contributed by atoms with E-state index < -0.39 is 0 Å². The van der Waals surface area contributed by atoms with Crippen LogP contribution in [-0.2, 0) is 19.5 Å². The Morgan fingerprint density at radius 2 is 2.15 bits per heavy atom. The van der Waals surface area contributed by atoms with Crippen LogP contribution in [0.25, 0.3) is 0 Å². The van der Waals surface area contributed by atoms with Crippen molar-refractivity contribution in [3.8, 4) is 0 Å². The number of nitrogens with one attached hydrogen (secondary N) is 1. The highest BCUT2D eigenvalue weighted by atomic mass is 35.5. The normalized spacial score (nSPS) is 20.8. The number of piperazine rings is 1. The lowest BCUT2D eigenvalue weighted by Crippen LogP contribution is -2.53. The molecule has 1 aliphatic rings. The van der Waals surface area contributed by atoms with E-state index >= 15 is 0 Å². The second-order valence-electron chi connectivity index (χ2n) is 5.86. The van der Waals surface area contributed by atoms with Gasteiger partial charge in [0.1, 0.15) is 0 Å². The average molecular weight is 299 g/mol. The molecule has 0 amide bonds. The summed E-state index contributed by atoms with van der Waals surface area (Å²) in [7, 11) is 0. The van der Waals surface area contributed by atoms with E-state index in [0.717, 1.165) is 49.9 Å². The van der Waals surface area contributed by atoms with Gasteiger partial charge in [-0.05, 0) is 19.3 Å². The molecule has 0 spiro atoms. The van der Waals surface area contributed by atoms with Gasteiger partial charge in [0.05, 0.1) is 16.4 Å². The van der Waals surface area contributed by atoms with Crippen LogP contribution in [0.3, 0.4) is 0 Å². The van der Waals surface area contributed by atoms with Crippen LogP contribution >= 0.6 is 11.6 Å². The minimum atomic E-state index is 0.574. The van der Waals surface area contributed by atoms with Gasteiger partial charge in [-0.1, -0.05) is 32.4 Å². The monoisotopic (exact) mass is 298 g/mol. The molecule has 1 atom stereocenters. The second kappa shape index (κ2) is 6.92. The van der Waals surface area contributed by atoms with Crippen LogP contribution in [0.1, 0.15) is 39.1 Å². The quantitative estimate of drug-likeness (QED) is 0.907. The van der Waals surface area contributed by atoms with Gasteiger partial charge >= 0.3 is 0 Å². The van der Waals surface area contributed by atoms with Gasteiger partial charge in [0.15, 0.2) is 0 Å². The Hall–Kier alpha value is -0.580. The van der Waals surface area contributed by atoms with E-state index in [1.807, 2.05) is 0 Å². The summed E-state index contributed by atoms with van der Waals surface area (Å²) in [4.78, 5) is 2.55. The molecule has 1 unspecified atom stereocenters. The largest absolute Gasteiger partial charge is 0.314 e. The molecule has 1 saturated heterocycles. The molecule has 0 radical (unpaired) electrons. The maximum atomic E-state index is 6.53. The van der Waals surface area contributed by atoms with Crippen molar-refractivity contribution in [3.63, 3.8) is 0 Å². The Morgan fingerprint density at radius 1 is 1.40 bits per heavy atom. The standard InChI is InChI=1S/C15H27ClN4/c1-5-12-15(16)14(20(6-2)18-12)10-19-8-7-17-9-13(19)11(3)4/h11,13,17H,5-10H2,1-4H3. The van der Waals surface area contributed by atoms with Crippen LogP contribution in [0, 0.1) is 5.92 Å². The fourth-order valence-electron chi connectivity index (χ4n) is 2.98. The minimum Gasteiger partial charge on any atom is -0.314 e. The van der Waals surface area contributed by atoms with E-state index in [0.29, 0.717) is 12.0 Å². The number of rotatable bonds is 5. The van der Waals surface area contributed by atoms with Crippen molar-refractivity contribution in [2.75, 3.05) is 19.6 Å². The van der Waals surface area contributed by atoms with Crippen molar-refractivity contribution in [3.05, 3.63) is 16.4 Å². The first-order valence-electron chi connectivity index (χ1n) is 7.77. The molecule has 0 bridgehead atoms. The molecular weight excluding hydrogens is 272 g/mol. The van der Waals surface area contributed by atoms with Crippen molar-refractivity contribution in [2.24, 2.45) is 5.92 Å². The third-order valence-electron chi connectivity index (χ3n) is 4.21. The van der Waals surface area contributed by atoms with E-state index in [4.69, 9.17) is 11.6 Å². The summed E-state index contributed by atoms with van der Waals surface area (Å²) in [6.45, 7) is 13.8. The Morgan fingerprint density at radius 3 is 2.75 bits per heavy atom. The minimum absolute atomic E-state index is 0.574. The van der Waals surface area contributed by atoms with Gasteiger partial charge in [0, 0.05) is 38.8 Å². The van der Waals surface area contributed by atoms with Crippen molar-refractivity contribution >= 4 is 11.6 Å². The lowest BCUT2D eigenvalue weighted by atomic mass is 10.0. The molecule has 2 heterocycles. The van der Waals surface area contributed by atoms with Gasteiger partial charge in [0.25, 0.3) is 0 Å². The zero-order valence-corrected chi connectivity index (χ0v) is 13.9. The van der Waals surface area contributed by atoms with Gasteiger partial charge in [-0.2, -0.15) is 5.10 Å². The van der Waals surface area contributed by atoms with Crippen LogP contribution in [0.5, 0.6) is 0 Å². The maximum absolute atomic E-state index is 6.53. The van der Waals surface area contributed by atoms with Gasteiger partial charge in [-0.3, -0.25) is 9.58 Å². The molecule has 1 N–H and O–H groups in total. The molecular formula is C15H27ClN4. The van der Waals surface area contributed by atoms with Crippen LogP contribution < -0.4 is 5.32 Å². The lowest BCUT2D eigenvalue weighted by molar-refractivity contribution is 0.114. The molecule has 1 aliphatic heterocycles. The summed E-state index contributed by atoms with van der Waals surface area (Å²) in [6.07, 6.45) is 0.897. The molecule has 1 aromatic heterocycles. The molecule has 20 heavy (non-hydrogen) atoms. The number of hydrogen-bond donors (Lipinski definition) is 1. The van der Waals surface area contributed by atoms with Crippen LogP contribution in [0.15, 0.2) is 0 Å². The van der Waals surface area contributed by atoms with E-state index in [1.54, 1.807) is 0 Å². The third-order valence-corrected chi connectivity index (χ3v) is 4.65. The summed E-state index contributed by atoms with van der Waals surface area (Å²) in [6, 6.07) is 0.574. The summed E-state index contributed by atoms with van der Waals surface area (Å²) in [5, 5.41) is 8.99. The topological polar surface area (TPSA) is 33.1 Å². The zero-order chi connectivity index (χ0) is 14.7. The summed E-state index contributed by atoms with van der Waals surface area (Å²) in [5.74, 6) is 0.644. The Bertz CT molecular complexity index is 441. The van der Waals surface area contributed by atoms with Gasteiger partial charge < -0.3 is 5.32 Å². The summed E-state index contributed by atoms with van der Waals surface area (Å²) in [5.41, 5.74) is 2.21. The fourth-order valence-corrected chi connectivity index (χ4v) is 3.31. The van der Waals surface area contributed by atoms with Crippen LogP contribution in [0.2, 0.25) is 5.02 Å². The molecule has 0 aromatic carbocycles. The zero-order valence-electron chi connectivity index (χ0n) is 13.1. The van der Waals surface area contributed by atoms with E-state index in [2.05, 4.69) is 47.7 Å². The first-order chi connectivity index (χ1) is 9.58. The van der Waals surface area contributed by atoms with E-state index in [9.17, 15) is 0 Å².